The number of methoxy groups -OCH3 is 1. The van der Waals surface area contributed by atoms with E-state index in [0.29, 0.717) is 33.7 Å². The van der Waals surface area contributed by atoms with Crippen molar-refractivity contribution in [3.8, 4) is 17.2 Å². The Balaban J connectivity index is 1.19. The number of carbonyl (C=O) groups is 4. The average molecular weight is 947 g/mol. The van der Waals surface area contributed by atoms with Crippen LogP contribution in [0.15, 0.2) is 115 Å². The average Bonchev–Trinajstić information content (AvgIpc) is 3.67. The zero-order valence-electron chi connectivity index (χ0n) is 34.4. The molecule has 3 fully saturated rings. The lowest BCUT2D eigenvalue weighted by molar-refractivity contribution is -0.142. The molecule has 2 aliphatic heterocycles. The molecule has 3 heterocycles. The van der Waals surface area contributed by atoms with Crippen LogP contribution in [0, 0.1) is 23.7 Å². The lowest BCUT2D eigenvalue weighted by Crippen LogP contribution is -2.53. The van der Waals surface area contributed by atoms with Crippen molar-refractivity contribution in [1.82, 2.24) is 15.0 Å². The molecule has 4 amide bonds. The van der Waals surface area contributed by atoms with Crippen molar-refractivity contribution in [2.75, 3.05) is 24.6 Å². The van der Waals surface area contributed by atoms with E-state index in [1.165, 1.54) is 38.4 Å². The van der Waals surface area contributed by atoms with Gasteiger partial charge in [0.25, 0.3) is 23.6 Å². The van der Waals surface area contributed by atoms with Crippen LogP contribution in [0.3, 0.4) is 0 Å². The summed E-state index contributed by atoms with van der Waals surface area (Å²) in [5, 5.41) is 14.8. The number of pyridine rings is 1. The maximum atomic E-state index is 15.7. The lowest BCUT2D eigenvalue weighted by atomic mass is 9.49. The van der Waals surface area contributed by atoms with Crippen molar-refractivity contribution < 1.29 is 46.9 Å². The molecule has 9 rings (SSSR count). The van der Waals surface area contributed by atoms with Gasteiger partial charge in [-0.3, -0.25) is 29.6 Å². The maximum absolute atomic E-state index is 15.7. The zero-order chi connectivity index (χ0) is 46.1. The van der Waals surface area contributed by atoms with Crippen molar-refractivity contribution in [3.63, 3.8) is 0 Å². The highest BCUT2D eigenvalue weighted by molar-refractivity contribution is 6.36. The Hall–Kier alpha value is -6.29. The molecule has 2 saturated heterocycles. The second-order valence-electron chi connectivity index (χ2n) is 16.2. The van der Waals surface area contributed by atoms with Gasteiger partial charge in [-0.25, -0.2) is 4.98 Å². The molecule has 6 unspecified atom stereocenters. The molecular formula is C47H37Cl3F3N5O7. The number of fused-ring (bicyclic) bond motifs is 4. The Kier molecular flexibility index (Phi) is 11.2. The fourth-order valence-electron chi connectivity index (χ4n) is 9.98. The summed E-state index contributed by atoms with van der Waals surface area (Å²) in [6.45, 7) is 0.181. The molecule has 65 heavy (non-hydrogen) atoms. The first-order valence-corrected chi connectivity index (χ1v) is 21.5. The minimum Gasteiger partial charge on any atom is -0.508 e. The predicted molar refractivity (Wildman–Crippen MR) is 234 cm³/mol. The normalized spacial score (nSPS) is 23.8. The number of anilines is 2. The van der Waals surface area contributed by atoms with Gasteiger partial charge in [0.1, 0.15) is 29.5 Å². The Bertz CT molecular complexity index is 2800. The van der Waals surface area contributed by atoms with Gasteiger partial charge in [0.05, 0.1) is 46.0 Å². The Morgan fingerprint density at radius 3 is 2.26 bits per heavy atom. The fraction of sp³-hybridized carbons (Fsp3) is 0.255. The molecule has 0 spiro atoms. The number of phenolic OH excluding ortho intramolecular Hbond substituents is 1. The second-order valence-corrected chi connectivity index (χ2v) is 17.5. The van der Waals surface area contributed by atoms with E-state index in [1.807, 2.05) is 30.3 Å². The summed E-state index contributed by atoms with van der Waals surface area (Å²) in [6, 6.07) is 26.9. The predicted octanol–water partition coefficient (Wildman–Crippen LogP) is 9.39. The molecular weight excluding hydrogens is 910 g/mol. The standard InChI is InChI=1S/C47H37Cl3F3N5O7/c1-56(41-34(49)17-19-38(54-41)47(51,52)53)58-42(60)31-16-15-29-32(39(31)44(58)62)22-33-43(61)57(55-36-18-10-26(48)20-35(36)50)45(63)46(33,25-8-11-27(64-2)12-9-25)40(29)30-14-13-28(21-37(30)59)65-23-24-6-4-3-5-7-24/h3-15,17-21,31-33,39-40,55,59H,16,22-23H2,1-2H3. The number of aromatic hydroxyl groups is 1. The summed E-state index contributed by atoms with van der Waals surface area (Å²) in [5.41, 5.74) is 2.02. The number of aromatic nitrogens is 1. The number of nitrogens with one attached hydrogen (secondary N) is 1. The minimum absolute atomic E-state index is 0.0292. The highest BCUT2D eigenvalue weighted by Gasteiger charge is 2.71. The Morgan fingerprint density at radius 1 is 0.862 bits per heavy atom. The van der Waals surface area contributed by atoms with Gasteiger partial charge in [-0.15, -0.1) is 0 Å². The highest BCUT2D eigenvalue weighted by atomic mass is 35.5. The van der Waals surface area contributed by atoms with Crippen LogP contribution in [0.25, 0.3) is 0 Å². The number of nitrogens with zero attached hydrogens (tertiary/aromatic N) is 4. The van der Waals surface area contributed by atoms with Crippen LogP contribution in [0.4, 0.5) is 24.7 Å². The van der Waals surface area contributed by atoms with Gasteiger partial charge < -0.3 is 14.6 Å². The van der Waals surface area contributed by atoms with Crippen LogP contribution in [-0.4, -0.2) is 57.9 Å². The number of imide groups is 2. The Morgan fingerprint density at radius 2 is 1.58 bits per heavy atom. The molecule has 2 aliphatic carbocycles. The highest BCUT2D eigenvalue weighted by Crippen LogP contribution is 2.65. The number of halogens is 6. The van der Waals surface area contributed by atoms with Crippen molar-refractivity contribution in [2.24, 2.45) is 23.7 Å². The summed E-state index contributed by atoms with van der Waals surface area (Å²) in [4.78, 5) is 63.7. The van der Waals surface area contributed by atoms with Gasteiger partial charge in [-0.1, -0.05) is 95.0 Å². The van der Waals surface area contributed by atoms with E-state index in [-0.39, 0.29) is 46.5 Å². The number of allylic oxidation sites excluding steroid dienone is 2. The zero-order valence-corrected chi connectivity index (χ0v) is 36.6. The van der Waals surface area contributed by atoms with E-state index >= 15 is 9.59 Å². The van der Waals surface area contributed by atoms with Gasteiger partial charge in [-0.2, -0.15) is 23.2 Å². The molecule has 6 atom stereocenters. The summed E-state index contributed by atoms with van der Waals surface area (Å²) in [7, 11) is 2.70. The van der Waals surface area contributed by atoms with E-state index in [0.717, 1.165) is 26.7 Å². The van der Waals surface area contributed by atoms with E-state index < -0.39 is 76.3 Å². The minimum atomic E-state index is -4.86. The van der Waals surface area contributed by atoms with Gasteiger partial charge in [0.2, 0.25) is 0 Å². The van der Waals surface area contributed by atoms with Crippen LogP contribution in [0.1, 0.15) is 41.1 Å². The van der Waals surface area contributed by atoms with E-state index in [2.05, 4.69) is 10.4 Å². The third-order valence-electron chi connectivity index (χ3n) is 12.8. The first kappa shape index (κ1) is 43.9. The fourth-order valence-corrected chi connectivity index (χ4v) is 10.7. The van der Waals surface area contributed by atoms with E-state index in [4.69, 9.17) is 44.3 Å². The molecule has 5 aromatic rings. The van der Waals surface area contributed by atoms with Crippen LogP contribution in [-0.2, 0) is 37.4 Å². The first-order valence-electron chi connectivity index (χ1n) is 20.3. The number of benzene rings is 4. The first-order chi connectivity index (χ1) is 31.0. The number of hydrazine groups is 2. The number of rotatable bonds is 10. The monoisotopic (exact) mass is 945 g/mol. The van der Waals surface area contributed by atoms with Crippen LogP contribution in [0.5, 0.6) is 17.2 Å². The SMILES string of the molecule is COc1ccc(C23C(=O)N(Nc4ccc(Cl)cc4Cl)C(=O)C2CC2C(=CCC4C(=O)N(N(C)c5nc(C(F)(F)F)ccc5Cl)C(=O)C42)C3c2ccc(OCc3ccccc3)cc2O)cc1. The van der Waals surface area contributed by atoms with E-state index in [9.17, 15) is 27.9 Å². The number of carbonyl (C=O) groups excluding carboxylic acids is 4. The molecule has 2 N–H and O–H groups in total. The molecule has 334 valence electrons. The van der Waals surface area contributed by atoms with Crippen molar-refractivity contribution in [1.29, 1.82) is 0 Å². The van der Waals surface area contributed by atoms with Crippen molar-refractivity contribution >= 4 is 69.9 Å². The number of ether oxygens (including phenoxy) is 2. The molecule has 4 aliphatic rings. The van der Waals surface area contributed by atoms with Gasteiger partial charge in [0.15, 0.2) is 5.82 Å². The number of hydrogen-bond acceptors (Lipinski definition) is 10. The van der Waals surface area contributed by atoms with Gasteiger partial charge in [-0.05, 0) is 78.4 Å². The topological polar surface area (TPSA) is 142 Å². The van der Waals surface area contributed by atoms with Gasteiger partial charge in [0, 0.05) is 29.6 Å². The third kappa shape index (κ3) is 7.29. The van der Waals surface area contributed by atoms with Gasteiger partial charge >= 0.3 is 6.18 Å². The molecule has 18 heteroatoms. The molecule has 4 aromatic carbocycles. The summed E-state index contributed by atoms with van der Waals surface area (Å²) >= 11 is 19.1. The summed E-state index contributed by atoms with van der Waals surface area (Å²) in [6.07, 6.45) is -3.25. The van der Waals surface area contributed by atoms with Crippen molar-refractivity contribution in [3.05, 3.63) is 152 Å². The van der Waals surface area contributed by atoms with E-state index in [1.54, 1.807) is 42.5 Å². The van der Waals surface area contributed by atoms with Crippen LogP contribution < -0.4 is 19.9 Å². The molecule has 0 radical (unpaired) electrons. The largest absolute Gasteiger partial charge is 0.508 e. The van der Waals surface area contributed by atoms with Crippen LogP contribution in [0.2, 0.25) is 15.1 Å². The Labute approximate surface area is 385 Å². The maximum Gasteiger partial charge on any atom is 0.433 e. The van der Waals surface area contributed by atoms with Crippen molar-refractivity contribution in [2.45, 2.75) is 37.0 Å². The number of phenols is 1. The third-order valence-corrected chi connectivity index (χ3v) is 13.7. The molecule has 1 aromatic heterocycles. The summed E-state index contributed by atoms with van der Waals surface area (Å²) < 4.78 is 53.0. The number of amides is 4. The second kappa shape index (κ2) is 16.6. The smallest absolute Gasteiger partial charge is 0.433 e. The summed E-state index contributed by atoms with van der Waals surface area (Å²) in [5.74, 6) is -8.31. The lowest BCUT2D eigenvalue weighted by Gasteiger charge is -2.50. The number of alkyl halides is 3. The van der Waals surface area contributed by atoms with Crippen LogP contribution >= 0.6 is 34.8 Å². The molecule has 0 bridgehead atoms. The molecule has 1 saturated carbocycles. The number of hydrogen-bond donors (Lipinski definition) is 2. The quantitative estimate of drug-likeness (QED) is 0.103. The molecule has 12 nitrogen and oxygen atoms in total.